The zero-order valence-electron chi connectivity index (χ0n) is 12.2. The van der Waals surface area contributed by atoms with Crippen molar-refractivity contribution in [3.8, 4) is 0 Å². The van der Waals surface area contributed by atoms with Crippen LogP contribution in [0.15, 0.2) is 12.3 Å². The van der Waals surface area contributed by atoms with Crippen LogP contribution in [-0.4, -0.2) is 15.3 Å². The molecule has 1 rings (SSSR count). The summed E-state index contributed by atoms with van der Waals surface area (Å²) in [5, 5.41) is 7.90. The Hall–Kier alpha value is -0.830. The second-order valence-electron chi connectivity index (χ2n) is 6.96. The van der Waals surface area contributed by atoms with Gasteiger partial charge in [-0.15, -0.1) is 0 Å². The van der Waals surface area contributed by atoms with Crippen molar-refractivity contribution in [1.82, 2.24) is 15.1 Å². The summed E-state index contributed by atoms with van der Waals surface area (Å²) in [5.41, 5.74) is 1.78. The lowest BCUT2D eigenvalue weighted by atomic mass is 9.92. The van der Waals surface area contributed by atoms with Gasteiger partial charge in [0.25, 0.3) is 0 Å². The Morgan fingerprint density at radius 1 is 1.18 bits per heavy atom. The number of nitrogens with zero attached hydrogens (tertiary/aromatic N) is 2. The molecule has 1 aromatic rings. The zero-order chi connectivity index (χ0) is 13.1. The van der Waals surface area contributed by atoms with Gasteiger partial charge < -0.3 is 5.32 Å². The maximum absolute atomic E-state index is 4.40. The second kappa shape index (κ2) is 5.21. The molecular weight excluding hydrogens is 210 g/mol. The zero-order valence-corrected chi connectivity index (χ0v) is 12.2. The molecule has 1 aromatic heterocycles. The van der Waals surface area contributed by atoms with Crippen molar-refractivity contribution in [2.45, 2.75) is 66.6 Å². The van der Waals surface area contributed by atoms with Crippen LogP contribution in [0, 0.1) is 5.41 Å². The molecule has 98 valence electrons. The Bertz CT molecular complexity index is 307. The summed E-state index contributed by atoms with van der Waals surface area (Å²) in [5.74, 6) is 0. The van der Waals surface area contributed by atoms with E-state index in [1.54, 1.807) is 0 Å². The Labute approximate surface area is 106 Å². The third-order valence-electron chi connectivity index (χ3n) is 2.68. The van der Waals surface area contributed by atoms with E-state index >= 15 is 0 Å². The molecular formula is C14H27N3. The minimum absolute atomic E-state index is 0.152. The minimum atomic E-state index is 0.152. The fourth-order valence-corrected chi connectivity index (χ4v) is 1.51. The molecule has 3 heteroatoms. The average molecular weight is 237 g/mol. The highest BCUT2D eigenvalue weighted by Crippen LogP contribution is 2.19. The Morgan fingerprint density at radius 2 is 1.82 bits per heavy atom. The lowest BCUT2D eigenvalue weighted by molar-refractivity contribution is 0.333. The molecule has 0 aliphatic rings. The van der Waals surface area contributed by atoms with Gasteiger partial charge in [-0.2, -0.15) is 5.10 Å². The topological polar surface area (TPSA) is 29.9 Å². The lowest BCUT2D eigenvalue weighted by Crippen LogP contribution is -2.35. The van der Waals surface area contributed by atoms with Crippen LogP contribution in [0.3, 0.4) is 0 Å². The lowest BCUT2D eigenvalue weighted by Gasteiger charge is -2.22. The van der Waals surface area contributed by atoms with Crippen molar-refractivity contribution < 1.29 is 0 Å². The van der Waals surface area contributed by atoms with Gasteiger partial charge >= 0.3 is 0 Å². The number of hydrogen-bond acceptors (Lipinski definition) is 2. The smallest absolute Gasteiger partial charge is 0.0522 e. The molecule has 1 heterocycles. The largest absolute Gasteiger partial charge is 0.306 e. The van der Waals surface area contributed by atoms with Crippen LogP contribution in [0.1, 0.15) is 53.7 Å². The number of hydrogen-bond donors (Lipinski definition) is 1. The van der Waals surface area contributed by atoms with E-state index in [0.717, 1.165) is 19.5 Å². The van der Waals surface area contributed by atoms with Crippen LogP contribution < -0.4 is 5.32 Å². The number of aromatic nitrogens is 2. The van der Waals surface area contributed by atoms with Crippen molar-refractivity contribution in [1.29, 1.82) is 0 Å². The highest BCUT2D eigenvalue weighted by Gasteiger charge is 2.13. The minimum Gasteiger partial charge on any atom is -0.306 e. The maximum atomic E-state index is 4.40. The molecule has 0 bridgehead atoms. The number of aryl methyl sites for hydroxylation is 1. The third-order valence-corrected chi connectivity index (χ3v) is 2.68. The molecule has 3 nitrogen and oxygen atoms in total. The SMILES string of the molecule is CC(C)(C)CCn1nccc1CNC(C)(C)C. The van der Waals surface area contributed by atoms with E-state index in [1.165, 1.54) is 5.69 Å². The van der Waals surface area contributed by atoms with Gasteiger partial charge in [0.1, 0.15) is 0 Å². The maximum Gasteiger partial charge on any atom is 0.0522 e. The van der Waals surface area contributed by atoms with Crippen molar-refractivity contribution in [3.63, 3.8) is 0 Å². The van der Waals surface area contributed by atoms with E-state index in [0.29, 0.717) is 5.41 Å². The van der Waals surface area contributed by atoms with Gasteiger partial charge in [-0.25, -0.2) is 0 Å². The molecule has 0 atom stereocenters. The molecule has 0 amide bonds. The second-order valence-corrected chi connectivity index (χ2v) is 6.96. The average Bonchev–Trinajstić information content (AvgIpc) is 2.56. The van der Waals surface area contributed by atoms with Crippen LogP contribution >= 0.6 is 0 Å². The summed E-state index contributed by atoms with van der Waals surface area (Å²) in [6.45, 7) is 15.2. The fraction of sp³-hybridized carbons (Fsp3) is 0.786. The predicted octanol–water partition coefficient (Wildman–Crippen LogP) is 3.21. The summed E-state index contributed by atoms with van der Waals surface area (Å²) in [6, 6.07) is 2.10. The summed E-state index contributed by atoms with van der Waals surface area (Å²) >= 11 is 0. The van der Waals surface area contributed by atoms with Crippen LogP contribution in [0.5, 0.6) is 0 Å². The Kier molecular flexibility index (Phi) is 4.36. The van der Waals surface area contributed by atoms with Crippen LogP contribution in [0.4, 0.5) is 0 Å². The molecule has 0 saturated carbocycles. The summed E-state index contributed by atoms with van der Waals surface area (Å²) in [4.78, 5) is 0. The number of nitrogens with one attached hydrogen (secondary N) is 1. The van der Waals surface area contributed by atoms with Gasteiger partial charge in [-0.3, -0.25) is 4.68 Å². The van der Waals surface area contributed by atoms with Gasteiger partial charge in [0.2, 0.25) is 0 Å². The van der Waals surface area contributed by atoms with Crippen LogP contribution in [0.2, 0.25) is 0 Å². The summed E-state index contributed by atoms with van der Waals surface area (Å²) < 4.78 is 2.12. The monoisotopic (exact) mass is 237 g/mol. The molecule has 0 radical (unpaired) electrons. The summed E-state index contributed by atoms with van der Waals surface area (Å²) in [7, 11) is 0. The van der Waals surface area contributed by atoms with E-state index < -0.39 is 0 Å². The standard InChI is InChI=1S/C14H27N3/c1-13(2,3)8-10-17-12(7-9-16-17)11-15-14(4,5)6/h7,9,15H,8,10-11H2,1-6H3. The van der Waals surface area contributed by atoms with E-state index in [1.807, 2.05) is 6.20 Å². The van der Waals surface area contributed by atoms with Crippen molar-refractivity contribution in [3.05, 3.63) is 18.0 Å². The third kappa shape index (κ3) is 5.87. The molecule has 0 aliphatic carbocycles. The van der Waals surface area contributed by atoms with Gasteiger partial charge in [0.15, 0.2) is 0 Å². The molecule has 0 fully saturated rings. The van der Waals surface area contributed by atoms with Gasteiger partial charge in [0.05, 0.1) is 5.69 Å². The fourth-order valence-electron chi connectivity index (χ4n) is 1.51. The summed E-state index contributed by atoms with van der Waals surface area (Å²) in [6.07, 6.45) is 3.04. The highest BCUT2D eigenvalue weighted by atomic mass is 15.3. The van der Waals surface area contributed by atoms with Crippen LogP contribution in [-0.2, 0) is 13.1 Å². The van der Waals surface area contributed by atoms with Gasteiger partial charge in [-0.05, 0) is 38.7 Å². The molecule has 0 aliphatic heterocycles. The van der Waals surface area contributed by atoms with Crippen molar-refractivity contribution in [2.24, 2.45) is 5.41 Å². The quantitative estimate of drug-likeness (QED) is 0.871. The first-order valence-corrected chi connectivity index (χ1v) is 6.43. The van der Waals surface area contributed by atoms with Gasteiger partial charge in [-0.1, -0.05) is 20.8 Å². The van der Waals surface area contributed by atoms with E-state index in [-0.39, 0.29) is 5.54 Å². The van der Waals surface area contributed by atoms with Crippen molar-refractivity contribution >= 4 is 0 Å². The van der Waals surface area contributed by atoms with Crippen molar-refractivity contribution in [2.75, 3.05) is 0 Å². The number of rotatable bonds is 4. The Balaban J connectivity index is 2.54. The molecule has 0 saturated heterocycles. The molecule has 17 heavy (non-hydrogen) atoms. The van der Waals surface area contributed by atoms with Crippen LogP contribution in [0.25, 0.3) is 0 Å². The molecule has 1 N–H and O–H groups in total. The first kappa shape index (κ1) is 14.2. The molecule has 0 spiro atoms. The molecule has 0 unspecified atom stereocenters. The highest BCUT2D eigenvalue weighted by molar-refractivity contribution is 5.01. The first-order valence-electron chi connectivity index (χ1n) is 6.43. The van der Waals surface area contributed by atoms with E-state index in [2.05, 4.69) is 62.7 Å². The van der Waals surface area contributed by atoms with E-state index in [9.17, 15) is 0 Å². The molecule has 0 aromatic carbocycles. The van der Waals surface area contributed by atoms with Gasteiger partial charge in [0, 0.05) is 24.8 Å². The Morgan fingerprint density at radius 3 is 2.35 bits per heavy atom. The predicted molar refractivity (Wildman–Crippen MR) is 72.9 cm³/mol. The van der Waals surface area contributed by atoms with E-state index in [4.69, 9.17) is 0 Å². The normalized spacial score (nSPS) is 13.1. The first-order chi connectivity index (χ1) is 7.67.